The summed E-state index contributed by atoms with van der Waals surface area (Å²) >= 11 is 0. The Balaban J connectivity index is 2.65. The lowest BCUT2D eigenvalue weighted by atomic mass is 10.1. The van der Waals surface area contributed by atoms with E-state index in [1.807, 2.05) is 0 Å². The van der Waals surface area contributed by atoms with E-state index in [9.17, 15) is 17.6 Å². The molecule has 0 aliphatic carbocycles. The Morgan fingerprint density at radius 1 is 1.33 bits per heavy atom. The van der Waals surface area contributed by atoms with Crippen molar-refractivity contribution >= 4 is 0 Å². The van der Waals surface area contributed by atoms with Crippen LogP contribution in [-0.4, -0.2) is 35.9 Å². The van der Waals surface area contributed by atoms with E-state index < -0.39 is 24.6 Å². The maximum absolute atomic E-state index is 13.0. The van der Waals surface area contributed by atoms with Gasteiger partial charge in [0.05, 0.1) is 0 Å². The van der Waals surface area contributed by atoms with E-state index in [4.69, 9.17) is 5.11 Å². The number of benzene rings is 1. The lowest BCUT2D eigenvalue weighted by molar-refractivity contribution is -0.207. The normalized spacial score (nSPS) is 14.0. The second-order valence-electron chi connectivity index (χ2n) is 4.32. The highest BCUT2D eigenvalue weighted by atomic mass is 19.4. The average molecular weight is 265 g/mol. The molecule has 1 atom stereocenters. The number of hydrogen-bond acceptors (Lipinski definition) is 2. The molecule has 0 bridgehead atoms. The van der Waals surface area contributed by atoms with Crippen LogP contribution in [0.1, 0.15) is 11.1 Å². The number of rotatable bonds is 4. The summed E-state index contributed by atoms with van der Waals surface area (Å²) in [7, 11) is 1.44. The summed E-state index contributed by atoms with van der Waals surface area (Å²) in [5.41, 5.74) is 1.40. The predicted octanol–water partition coefficient (Wildman–Crippen LogP) is 2.49. The van der Waals surface area contributed by atoms with Crippen molar-refractivity contribution in [1.82, 2.24) is 4.90 Å². The molecule has 0 aliphatic heterocycles. The topological polar surface area (TPSA) is 23.5 Å². The van der Waals surface area contributed by atoms with E-state index in [0.29, 0.717) is 5.56 Å². The minimum Gasteiger partial charge on any atom is -0.382 e. The molecule has 0 heterocycles. The molecule has 2 nitrogen and oxygen atoms in total. The molecule has 0 radical (unpaired) electrons. The number of alkyl halides is 3. The lowest BCUT2D eigenvalue weighted by Gasteiger charge is -2.22. The molecule has 0 aromatic heterocycles. The fraction of sp³-hybridized carbons (Fsp3) is 0.500. The van der Waals surface area contributed by atoms with Gasteiger partial charge in [0.2, 0.25) is 0 Å². The SMILES string of the molecule is Cc1ccc(F)cc1CN(C)CC(O)C(F)(F)F. The molecule has 1 aromatic carbocycles. The highest BCUT2D eigenvalue weighted by molar-refractivity contribution is 5.26. The van der Waals surface area contributed by atoms with Gasteiger partial charge in [-0.3, -0.25) is 4.90 Å². The lowest BCUT2D eigenvalue weighted by Crippen LogP contribution is -2.39. The van der Waals surface area contributed by atoms with Crippen LogP contribution in [0.2, 0.25) is 0 Å². The molecule has 0 saturated heterocycles. The van der Waals surface area contributed by atoms with Crippen molar-refractivity contribution < 1.29 is 22.7 Å². The highest BCUT2D eigenvalue weighted by Gasteiger charge is 2.38. The van der Waals surface area contributed by atoms with E-state index in [2.05, 4.69) is 0 Å². The van der Waals surface area contributed by atoms with Gasteiger partial charge in [0.25, 0.3) is 0 Å². The van der Waals surface area contributed by atoms with Gasteiger partial charge in [0.1, 0.15) is 5.82 Å². The highest BCUT2D eigenvalue weighted by Crippen LogP contribution is 2.21. The van der Waals surface area contributed by atoms with Gasteiger partial charge in [-0.2, -0.15) is 13.2 Å². The molecule has 18 heavy (non-hydrogen) atoms. The first-order chi connectivity index (χ1) is 8.20. The van der Waals surface area contributed by atoms with Gasteiger partial charge < -0.3 is 5.11 Å². The molecule has 1 rings (SSSR count). The van der Waals surface area contributed by atoms with Crippen molar-refractivity contribution in [2.24, 2.45) is 0 Å². The molecule has 0 aliphatic rings. The first-order valence-electron chi connectivity index (χ1n) is 5.38. The number of hydrogen-bond donors (Lipinski definition) is 1. The summed E-state index contributed by atoms with van der Waals surface area (Å²) < 4.78 is 49.5. The number of likely N-dealkylation sites (N-methyl/N-ethyl adjacent to an activating group) is 1. The van der Waals surface area contributed by atoms with Gasteiger partial charge in [-0.05, 0) is 37.2 Å². The Hall–Kier alpha value is -1.14. The summed E-state index contributed by atoms with van der Waals surface area (Å²) in [6.07, 6.45) is -7.03. The van der Waals surface area contributed by atoms with E-state index in [1.54, 1.807) is 13.0 Å². The van der Waals surface area contributed by atoms with Crippen LogP contribution in [0.3, 0.4) is 0 Å². The molecule has 0 saturated carbocycles. The van der Waals surface area contributed by atoms with Crippen molar-refractivity contribution in [1.29, 1.82) is 0 Å². The van der Waals surface area contributed by atoms with Crippen molar-refractivity contribution in [3.05, 3.63) is 35.1 Å². The molecule has 6 heteroatoms. The molecule has 1 aromatic rings. The molecule has 1 N–H and O–H groups in total. The van der Waals surface area contributed by atoms with Gasteiger partial charge in [0, 0.05) is 13.1 Å². The molecule has 0 fully saturated rings. The summed E-state index contributed by atoms with van der Waals surface area (Å²) in [5.74, 6) is -0.430. The fourth-order valence-corrected chi connectivity index (χ4v) is 1.56. The van der Waals surface area contributed by atoms with Crippen LogP contribution in [-0.2, 0) is 6.54 Å². The Bertz CT molecular complexity index is 406. The minimum atomic E-state index is -4.63. The molecular formula is C12H15F4NO. The van der Waals surface area contributed by atoms with Gasteiger partial charge in [-0.1, -0.05) is 6.07 Å². The smallest absolute Gasteiger partial charge is 0.382 e. The molecule has 1 unspecified atom stereocenters. The van der Waals surface area contributed by atoms with E-state index in [0.717, 1.165) is 5.56 Å². The van der Waals surface area contributed by atoms with Crippen molar-refractivity contribution in [3.63, 3.8) is 0 Å². The number of halogens is 4. The monoisotopic (exact) mass is 265 g/mol. The molecular weight excluding hydrogens is 250 g/mol. The summed E-state index contributed by atoms with van der Waals surface area (Å²) in [5, 5.41) is 8.92. The van der Waals surface area contributed by atoms with Crippen molar-refractivity contribution in [2.75, 3.05) is 13.6 Å². The van der Waals surface area contributed by atoms with Gasteiger partial charge in [0.15, 0.2) is 6.10 Å². The first-order valence-corrected chi connectivity index (χ1v) is 5.38. The number of aliphatic hydroxyl groups excluding tert-OH is 1. The zero-order valence-electron chi connectivity index (χ0n) is 10.1. The Morgan fingerprint density at radius 3 is 2.50 bits per heavy atom. The van der Waals surface area contributed by atoms with Crippen LogP contribution in [0.5, 0.6) is 0 Å². The number of aliphatic hydroxyl groups is 1. The van der Waals surface area contributed by atoms with Crippen LogP contribution in [0, 0.1) is 12.7 Å². The van der Waals surface area contributed by atoms with Crippen molar-refractivity contribution in [2.45, 2.75) is 25.7 Å². The second kappa shape index (κ2) is 5.67. The minimum absolute atomic E-state index is 0.150. The van der Waals surface area contributed by atoms with Gasteiger partial charge >= 0.3 is 6.18 Å². The average Bonchev–Trinajstić information content (AvgIpc) is 2.22. The van der Waals surface area contributed by atoms with Crippen molar-refractivity contribution in [3.8, 4) is 0 Å². The predicted molar refractivity (Wildman–Crippen MR) is 59.5 cm³/mol. The van der Waals surface area contributed by atoms with E-state index >= 15 is 0 Å². The Morgan fingerprint density at radius 2 is 1.94 bits per heavy atom. The van der Waals surface area contributed by atoms with Crippen LogP contribution in [0.25, 0.3) is 0 Å². The van der Waals surface area contributed by atoms with Gasteiger partial charge in [-0.25, -0.2) is 4.39 Å². The third kappa shape index (κ3) is 4.27. The van der Waals surface area contributed by atoms with Crippen LogP contribution >= 0.6 is 0 Å². The first kappa shape index (κ1) is 14.9. The summed E-state index contributed by atoms with van der Waals surface area (Å²) in [6.45, 7) is 1.36. The number of aryl methyl sites for hydroxylation is 1. The van der Waals surface area contributed by atoms with Gasteiger partial charge in [-0.15, -0.1) is 0 Å². The molecule has 102 valence electrons. The second-order valence-corrected chi connectivity index (χ2v) is 4.32. The zero-order valence-corrected chi connectivity index (χ0v) is 10.1. The zero-order chi connectivity index (χ0) is 13.9. The fourth-order valence-electron chi connectivity index (χ4n) is 1.56. The standard InChI is InChI=1S/C12H15F4NO/c1-8-3-4-10(13)5-9(8)6-17(2)7-11(18)12(14,15)16/h3-5,11,18H,6-7H2,1-2H3. The Kier molecular flexibility index (Phi) is 4.70. The third-order valence-corrected chi connectivity index (χ3v) is 2.61. The summed E-state index contributed by atoms with van der Waals surface area (Å²) in [6, 6.07) is 4.15. The maximum atomic E-state index is 13.0. The van der Waals surface area contributed by atoms with E-state index in [-0.39, 0.29) is 6.54 Å². The molecule has 0 spiro atoms. The largest absolute Gasteiger partial charge is 0.415 e. The van der Waals surface area contributed by atoms with Crippen LogP contribution < -0.4 is 0 Å². The van der Waals surface area contributed by atoms with E-state index in [1.165, 1.54) is 24.1 Å². The maximum Gasteiger partial charge on any atom is 0.415 e. The van der Waals surface area contributed by atoms with Crippen LogP contribution in [0.4, 0.5) is 17.6 Å². The number of nitrogens with zero attached hydrogens (tertiary/aromatic N) is 1. The molecule has 0 amide bonds. The quantitative estimate of drug-likeness (QED) is 0.845. The summed E-state index contributed by atoms with van der Waals surface area (Å²) in [4.78, 5) is 1.31. The van der Waals surface area contributed by atoms with Crippen LogP contribution in [0.15, 0.2) is 18.2 Å². The third-order valence-electron chi connectivity index (χ3n) is 2.61. The Labute approximate surface area is 103 Å².